The molecule has 5 nitrogen and oxygen atoms in total. The molecule has 0 unspecified atom stereocenters. The summed E-state index contributed by atoms with van der Waals surface area (Å²) in [5.74, 6) is 2.60. The van der Waals surface area contributed by atoms with Crippen LogP contribution in [0.15, 0.2) is 59.6 Å². The highest BCUT2D eigenvalue weighted by atomic mass is 32.2. The van der Waals surface area contributed by atoms with Crippen molar-refractivity contribution in [2.24, 2.45) is 11.8 Å². The van der Waals surface area contributed by atoms with Crippen LogP contribution in [0.2, 0.25) is 0 Å². The van der Waals surface area contributed by atoms with Gasteiger partial charge in [0.2, 0.25) is 0 Å². The van der Waals surface area contributed by atoms with Crippen molar-refractivity contribution in [2.45, 2.75) is 43.6 Å². The zero-order chi connectivity index (χ0) is 24.6. The monoisotopic (exact) mass is 494 g/mol. The minimum atomic E-state index is -0.552. The number of aromatic nitrogens is 1. The highest BCUT2D eigenvalue weighted by molar-refractivity contribution is 7.99. The molecule has 0 radical (unpaired) electrons. The van der Waals surface area contributed by atoms with Crippen LogP contribution < -0.4 is 4.74 Å². The van der Waals surface area contributed by atoms with Crippen LogP contribution in [0.25, 0.3) is 10.9 Å². The van der Waals surface area contributed by atoms with E-state index in [2.05, 4.69) is 41.1 Å². The Morgan fingerprint density at radius 1 is 1.17 bits per heavy atom. The summed E-state index contributed by atoms with van der Waals surface area (Å²) >= 11 is 1.93. The summed E-state index contributed by atoms with van der Waals surface area (Å²) in [5, 5.41) is 22.1. The first-order valence-electron chi connectivity index (χ1n) is 12.7. The van der Waals surface area contributed by atoms with Gasteiger partial charge in [0.05, 0.1) is 18.7 Å². The van der Waals surface area contributed by atoms with Crippen LogP contribution in [0.5, 0.6) is 5.75 Å². The van der Waals surface area contributed by atoms with Crippen molar-refractivity contribution in [1.29, 1.82) is 0 Å². The van der Waals surface area contributed by atoms with Gasteiger partial charge in [0.15, 0.2) is 0 Å². The van der Waals surface area contributed by atoms with Gasteiger partial charge in [-0.1, -0.05) is 17.7 Å². The zero-order valence-corrected chi connectivity index (χ0v) is 21.7. The first-order chi connectivity index (χ1) is 17.1. The van der Waals surface area contributed by atoms with Crippen LogP contribution >= 0.6 is 11.8 Å². The number of thioether (sulfide) groups is 1. The number of hydrogen-bond acceptors (Lipinski definition) is 6. The third kappa shape index (κ3) is 6.98. The number of piperidine rings is 1. The molecular formula is C29H38N2O3S. The summed E-state index contributed by atoms with van der Waals surface area (Å²) < 4.78 is 5.37. The normalized spacial score (nSPS) is 19.7. The van der Waals surface area contributed by atoms with Gasteiger partial charge in [0, 0.05) is 29.6 Å². The Balaban J connectivity index is 1.26. The fraction of sp³-hybridized carbons (Fsp3) is 0.483. The van der Waals surface area contributed by atoms with Crippen molar-refractivity contribution in [3.05, 3.63) is 65.9 Å². The van der Waals surface area contributed by atoms with Crippen LogP contribution in [0.1, 0.15) is 42.9 Å². The van der Waals surface area contributed by atoms with Crippen LogP contribution in [0.3, 0.4) is 0 Å². The molecule has 1 fully saturated rings. The van der Waals surface area contributed by atoms with Crippen molar-refractivity contribution in [3.8, 4) is 5.75 Å². The van der Waals surface area contributed by atoms with E-state index >= 15 is 0 Å². The molecule has 6 heteroatoms. The summed E-state index contributed by atoms with van der Waals surface area (Å²) in [6.07, 6.45) is 5.04. The van der Waals surface area contributed by atoms with E-state index < -0.39 is 6.10 Å². The summed E-state index contributed by atoms with van der Waals surface area (Å²) in [6, 6.07) is 16.4. The van der Waals surface area contributed by atoms with E-state index in [9.17, 15) is 10.2 Å². The molecule has 35 heavy (non-hydrogen) atoms. The average Bonchev–Trinajstić information content (AvgIpc) is 2.89. The van der Waals surface area contributed by atoms with E-state index in [4.69, 9.17) is 4.74 Å². The van der Waals surface area contributed by atoms with Gasteiger partial charge in [-0.3, -0.25) is 4.98 Å². The molecule has 2 heterocycles. The number of ether oxygens (including phenoxy) is 1. The van der Waals surface area contributed by atoms with Gasteiger partial charge in [-0.25, -0.2) is 0 Å². The number of nitrogens with zero attached hydrogens (tertiary/aromatic N) is 2. The predicted octanol–water partition coefficient (Wildman–Crippen LogP) is 5.48. The number of aliphatic hydroxyl groups is 2. The number of aryl methyl sites for hydroxylation is 1. The summed E-state index contributed by atoms with van der Waals surface area (Å²) in [5.41, 5.74) is 3.08. The topological polar surface area (TPSA) is 65.8 Å². The SMILES string of the molecule is COc1ccc2nccc([C@H](O)CC[C@@H]3CCN(CCCSc4cccc(C)c4)C[C@@H]3CO)c2c1. The van der Waals surface area contributed by atoms with E-state index in [-0.39, 0.29) is 12.5 Å². The Hall–Kier alpha value is -2.12. The number of likely N-dealkylation sites (tertiary alicyclic amines) is 1. The number of hydrogen-bond donors (Lipinski definition) is 2. The number of fused-ring (bicyclic) bond motifs is 1. The first kappa shape index (κ1) is 26.0. The maximum Gasteiger partial charge on any atom is 0.119 e. The standard InChI is InChI=1S/C29H38N2O3S/c1-21-5-3-6-25(17-21)35-16-4-14-31-15-12-22(23(19-31)20-32)7-10-29(33)26-11-13-30-28-9-8-24(34-2)18-27(26)28/h3,5-6,8-9,11,13,17-18,22-23,29,32-33H,4,7,10,12,14-16,19-20H2,1-2H3/t22-,23-,29-/m1/s1. The maximum absolute atomic E-state index is 11.0. The van der Waals surface area contributed by atoms with Crippen molar-refractivity contribution in [3.63, 3.8) is 0 Å². The molecule has 1 aliphatic heterocycles. The number of benzene rings is 2. The molecule has 188 valence electrons. The third-order valence-corrected chi connectivity index (χ3v) is 8.32. The van der Waals surface area contributed by atoms with Gasteiger partial charge in [0.25, 0.3) is 0 Å². The Bertz CT molecular complexity index is 1090. The minimum absolute atomic E-state index is 0.213. The van der Waals surface area contributed by atoms with Crippen molar-refractivity contribution >= 4 is 22.7 Å². The fourth-order valence-electron chi connectivity index (χ4n) is 5.22. The minimum Gasteiger partial charge on any atom is -0.497 e. The van der Waals surface area contributed by atoms with E-state index in [0.29, 0.717) is 12.3 Å². The zero-order valence-electron chi connectivity index (χ0n) is 20.9. The second-order valence-electron chi connectivity index (χ2n) is 9.69. The smallest absolute Gasteiger partial charge is 0.119 e. The molecular weight excluding hydrogens is 456 g/mol. The van der Waals surface area contributed by atoms with Gasteiger partial charge in [-0.2, -0.15) is 0 Å². The highest BCUT2D eigenvalue weighted by Crippen LogP contribution is 2.33. The summed E-state index contributed by atoms with van der Waals surface area (Å²) in [7, 11) is 1.65. The second kappa shape index (κ2) is 12.7. The largest absolute Gasteiger partial charge is 0.497 e. The van der Waals surface area contributed by atoms with Gasteiger partial charge in [-0.15, -0.1) is 11.8 Å². The van der Waals surface area contributed by atoms with E-state index in [1.54, 1.807) is 13.3 Å². The molecule has 0 saturated carbocycles. The lowest BCUT2D eigenvalue weighted by Crippen LogP contribution is -2.42. The molecule has 4 rings (SSSR count). The van der Waals surface area contributed by atoms with Crippen molar-refractivity contribution in [2.75, 3.05) is 39.1 Å². The Kier molecular flexibility index (Phi) is 9.44. The summed E-state index contributed by atoms with van der Waals surface area (Å²) in [4.78, 5) is 8.28. The number of rotatable bonds is 11. The number of pyridine rings is 1. The van der Waals surface area contributed by atoms with Gasteiger partial charge in [-0.05, 0) is 105 Å². The van der Waals surface area contributed by atoms with Crippen LogP contribution in [0, 0.1) is 18.8 Å². The Morgan fingerprint density at radius 3 is 2.86 bits per heavy atom. The molecule has 2 aromatic carbocycles. The van der Waals surface area contributed by atoms with Crippen LogP contribution in [-0.4, -0.2) is 59.2 Å². The third-order valence-electron chi connectivity index (χ3n) is 7.24. The number of aliphatic hydroxyl groups excluding tert-OH is 2. The molecule has 3 aromatic rings. The molecule has 0 aliphatic carbocycles. The second-order valence-corrected chi connectivity index (χ2v) is 10.9. The fourth-order valence-corrected chi connectivity index (χ4v) is 6.17. The highest BCUT2D eigenvalue weighted by Gasteiger charge is 2.29. The van der Waals surface area contributed by atoms with E-state index in [0.717, 1.165) is 66.9 Å². The molecule has 1 aromatic heterocycles. The van der Waals surface area contributed by atoms with E-state index in [1.807, 2.05) is 36.0 Å². The molecule has 3 atom stereocenters. The molecule has 2 N–H and O–H groups in total. The molecule has 0 spiro atoms. The van der Waals surface area contributed by atoms with Crippen molar-refractivity contribution < 1.29 is 14.9 Å². The Labute approximate surface area is 213 Å². The van der Waals surface area contributed by atoms with Gasteiger partial charge >= 0.3 is 0 Å². The lowest BCUT2D eigenvalue weighted by atomic mass is 9.81. The quantitative estimate of drug-likeness (QED) is 0.272. The molecule has 0 amide bonds. The average molecular weight is 495 g/mol. The lowest BCUT2D eigenvalue weighted by Gasteiger charge is -2.38. The molecule has 1 aliphatic rings. The number of methoxy groups -OCH3 is 1. The van der Waals surface area contributed by atoms with Gasteiger partial charge in [0.1, 0.15) is 5.75 Å². The maximum atomic E-state index is 11.0. The van der Waals surface area contributed by atoms with Crippen molar-refractivity contribution in [1.82, 2.24) is 9.88 Å². The predicted molar refractivity (Wildman–Crippen MR) is 144 cm³/mol. The Morgan fingerprint density at radius 2 is 2.06 bits per heavy atom. The van der Waals surface area contributed by atoms with E-state index in [1.165, 1.54) is 10.5 Å². The van der Waals surface area contributed by atoms with Crippen LogP contribution in [-0.2, 0) is 0 Å². The molecule has 0 bridgehead atoms. The van der Waals surface area contributed by atoms with Crippen LogP contribution in [0.4, 0.5) is 0 Å². The molecule has 1 saturated heterocycles. The summed E-state index contributed by atoms with van der Waals surface area (Å²) in [6.45, 7) is 5.45. The lowest BCUT2D eigenvalue weighted by molar-refractivity contribution is 0.0581. The van der Waals surface area contributed by atoms with Gasteiger partial charge < -0.3 is 19.8 Å². The first-order valence-corrected chi connectivity index (χ1v) is 13.7.